The minimum atomic E-state index is -0.381. The van der Waals surface area contributed by atoms with E-state index in [9.17, 15) is 9.59 Å². The van der Waals surface area contributed by atoms with Gasteiger partial charge in [0.25, 0.3) is 11.5 Å². The standard InChI is InChI=1S/C34H26Br2N4O6/c1-3-44-27-16-20(30(35)31(36)32(27)45-19-29(41)38-21-10-5-4-6-11-21)18-37-40-33(39-24-13-8-7-12-22(24)34(40)42)28-17-23-25(43-2)14-9-15-26(23)46-28/h4-18H,3,19H2,1-2H3,(H,38,41). The summed E-state index contributed by atoms with van der Waals surface area (Å²) in [6.45, 7) is 1.92. The van der Waals surface area contributed by atoms with Crippen molar-refractivity contribution in [1.82, 2.24) is 9.66 Å². The van der Waals surface area contributed by atoms with E-state index in [1.807, 2.05) is 49.4 Å². The number of hydrogen-bond acceptors (Lipinski definition) is 8. The van der Waals surface area contributed by atoms with E-state index in [2.05, 4.69) is 42.3 Å². The van der Waals surface area contributed by atoms with Gasteiger partial charge >= 0.3 is 0 Å². The first kappa shape index (κ1) is 31.1. The first-order chi connectivity index (χ1) is 22.4. The van der Waals surface area contributed by atoms with E-state index in [-0.39, 0.29) is 23.9 Å². The van der Waals surface area contributed by atoms with Crippen molar-refractivity contribution in [3.63, 3.8) is 0 Å². The van der Waals surface area contributed by atoms with Crippen LogP contribution in [0.15, 0.2) is 108 Å². The Kier molecular flexibility index (Phi) is 9.18. The minimum absolute atomic E-state index is 0.211. The molecule has 0 bridgehead atoms. The van der Waals surface area contributed by atoms with Crippen molar-refractivity contribution in [2.45, 2.75) is 6.92 Å². The number of methoxy groups -OCH3 is 1. The van der Waals surface area contributed by atoms with Crippen LogP contribution in [0.4, 0.5) is 5.69 Å². The van der Waals surface area contributed by atoms with Crippen LogP contribution in [0.3, 0.4) is 0 Å². The summed E-state index contributed by atoms with van der Waals surface area (Å²) in [5, 5.41) is 8.50. The highest BCUT2D eigenvalue weighted by Crippen LogP contribution is 2.42. The van der Waals surface area contributed by atoms with Gasteiger partial charge in [-0.2, -0.15) is 9.78 Å². The fraction of sp³-hybridized carbons (Fsp3) is 0.118. The molecular formula is C34H26Br2N4O6. The van der Waals surface area contributed by atoms with Gasteiger partial charge in [-0.15, -0.1) is 0 Å². The number of anilines is 1. The third-order valence-electron chi connectivity index (χ3n) is 6.89. The zero-order chi connectivity index (χ0) is 32.2. The number of furan rings is 1. The molecule has 0 aliphatic heterocycles. The molecule has 0 aliphatic carbocycles. The van der Waals surface area contributed by atoms with Crippen LogP contribution in [-0.2, 0) is 4.79 Å². The third-order valence-corrected chi connectivity index (χ3v) is 9.03. The fourth-order valence-electron chi connectivity index (χ4n) is 4.78. The molecule has 0 fully saturated rings. The molecular weight excluding hydrogens is 720 g/mol. The van der Waals surface area contributed by atoms with Gasteiger partial charge in [0.15, 0.2) is 23.9 Å². The number of benzene rings is 4. The van der Waals surface area contributed by atoms with Gasteiger partial charge < -0.3 is 23.9 Å². The SMILES string of the molecule is CCOc1cc(C=Nn2c(-c3cc4c(OC)cccc4o3)nc3ccccc3c2=O)c(Br)c(Br)c1OCC(=O)Nc1ccccc1. The van der Waals surface area contributed by atoms with E-state index in [1.54, 1.807) is 49.6 Å². The van der Waals surface area contributed by atoms with E-state index in [0.29, 0.717) is 66.3 Å². The van der Waals surface area contributed by atoms with Crippen molar-refractivity contribution >= 4 is 71.5 Å². The number of ether oxygens (including phenoxy) is 3. The largest absolute Gasteiger partial charge is 0.496 e. The Balaban J connectivity index is 1.38. The van der Waals surface area contributed by atoms with Crippen LogP contribution in [0.1, 0.15) is 12.5 Å². The van der Waals surface area contributed by atoms with Crippen LogP contribution >= 0.6 is 31.9 Å². The first-order valence-corrected chi connectivity index (χ1v) is 15.7. The zero-order valence-corrected chi connectivity index (χ0v) is 27.8. The predicted octanol–water partition coefficient (Wildman–Crippen LogP) is 7.64. The summed E-state index contributed by atoms with van der Waals surface area (Å²) >= 11 is 7.18. The number of carbonyl (C=O) groups is 1. The summed E-state index contributed by atoms with van der Waals surface area (Å²) in [7, 11) is 1.58. The molecule has 4 aromatic carbocycles. The van der Waals surface area contributed by atoms with E-state index in [0.717, 1.165) is 5.39 Å². The number of rotatable bonds is 10. The molecule has 2 heterocycles. The summed E-state index contributed by atoms with van der Waals surface area (Å²) < 4.78 is 25.7. The summed E-state index contributed by atoms with van der Waals surface area (Å²) in [5.74, 6) is 1.55. The predicted molar refractivity (Wildman–Crippen MR) is 184 cm³/mol. The van der Waals surface area contributed by atoms with E-state index >= 15 is 0 Å². The van der Waals surface area contributed by atoms with Gasteiger partial charge in [0.1, 0.15) is 11.3 Å². The van der Waals surface area contributed by atoms with Crippen molar-refractivity contribution in [2.24, 2.45) is 5.10 Å². The summed E-state index contributed by atoms with van der Waals surface area (Å²) in [6, 6.07) is 25.1. The van der Waals surface area contributed by atoms with Crippen LogP contribution in [0.5, 0.6) is 17.2 Å². The molecule has 10 nitrogen and oxygen atoms in total. The summed E-state index contributed by atoms with van der Waals surface area (Å²) in [4.78, 5) is 31.1. The average Bonchev–Trinajstić information content (AvgIpc) is 3.51. The molecule has 0 atom stereocenters. The molecule has 6 aromatic rings. The van der Waals surface area contributed by atoms with Gasteiger partial charge in [-0.25, -0.2) is 4.98 Å². The van der Waals surface area contributed by atoms with Gasteiger partial charge in [-0.05, 0) is 87.3 Å². The highest BCUT2D eigenvalue weighted by Gasteiger charge is 2.20. The number of amides is 1. The molecule has 232 valence electrons. The van der Waals surface area contributed by atoms with Crippen LogP contribution < -0.4 is 25.1 Å². The van der Waals surface area contributed by atoms with Gasteiger partial charge in [-0.3, -0.25) is 9.59 Å². The molecule has 0 unspecified atom stereocenters. The van der Waals surface area contributed by atoms with Crippen molar-refractivity contribution in [1.29, 1.82) is 0 Å². The Morgan fingerprint density at radius 3 is 2.52 bits per heavy atom. The molecule has 1 N–H and O–H groups in total. The first-order valence-electron chi connectivity index (χ1n) is 14.1. The van der Waals surface area contributed by atoms with Crippen molar-refractivity contribution in [3.05, 3.63) is 110 Å². The second-order valence-electron chi connectivity index (χ2n) is 9.85. The number of nitrogens with zero attached hydrogens (tertiary/aromatic N) is 3. The summed E-state index contributed by atoms with van der Waals surface area (Å²) in [5.41, 5.74) is 1.92. The number of halogens is 2. The molecule has 0 saturated carbocycles. The molecule has 2 aromatic heterocycles. The highest BCUT2D eigenvalue weighted by molar-refractivity contribution is 9.13. The Hall–Kier alpha value is -4.94. The lowest BCUT2D eigenvalue weighted by molar-refractivity contribution is -0.118. The number of carbonyl (C=O) groups excluding carboxylic acids is 1. The Labute approximate surface area is 279 Å². The van der Waals surface area contributed by atoms with Crippen LogP contribution in [0.2, 0.25) is 0 Å². The number of aromatic nitrogens is 2. The lowest BCUT2D eigenvalue weighted by Crippen LogP contribution is -2.21. The van der Waals surface area contributed by atoms with Crippen molar-refractivity contribution < 1.29 is 23.4 Å². The van der Waals surface area contributed by atoms with Crippen molar-refractivity contribution in [3.8, 4) is 28.8 Å². The molecule has 0 aliphatic rings. The van der Waals surface area contributed by atoms with Crippen LogP contribution in [-0.4, -0.2) is 42.1 Å². The Morgan fingerprint density at radius 1 is 0.957 bits per heavy atom. The lowest BCUT2D eigenvalue weighted by atomic mass is 10.2. The average molecular weight is 746 g/mol. The number of nitrogens with one attached hydrogen (secondary N) is 1. The third kappa shape index (κ3) is 6.26. The molecule has 1 amide bonds. The van der Waals surface area contributed by atoms with E-state index in [1.165, 1.54) is 10.9 Å². The van der Waals surface area contributed by atoms with Gasteiger partial charge in [0, 0.05) is 15.7 Å². The molecule has 0 radical (unpaired) electrons. The number of para-hydroxylation sites is 2. The molecule has 12 heteroatoms. The second-order valence-corrected chi connectivity index (χ2v) is 11.4. The zero-order valence-electron chi connectivity index (χ0n) is 24.6. The number of fused-ring (bicyclic) bond motifs is 2. The van der Waals surface area contributed by atoms with Crippen LogP contribution in [0.25, 0.3) is 33.5 Å². The lowest BCUT2D eigenvalue weighted by Gasteiger charge is -2.16. The topological polar surface area (TPSA) is 117 Å². The van der Waals surface area contributed by atoms with Crippen molar-refractivity contribution in [2.75, 3.05) is 25.6 Å². The Morgan fingerprint density at radius 2 is 1.74 bits per heavy atom. The molecule has 0 saturated heterocycles. The van der Waals surface area contributed by atoms with Gasteiger partial charge in [0.2, 0.25) is 5.82 Å². The fourth-order valence-corrected chi connectivity index (χ4v) is 5.72. The monoisotopic (exact) mass is 744 g/mol. The molecule has 0 spiro atoms. The minimum Gasteiger partial charge on any atom is -0.496 e. The molecule has 46 heavy (non-hydrogen) atoms. The Bertz CT molecular complexity index is 2160. The maximum absolute atomic E-state index is 13.8. The van der Waals surface area contributed by atoms with Gasteiger partial charge in [-0.1, -0.05) is 36.4 Å². The second kappa shape index (κ2) is 13.6. The highest BCUT2D eigenvalue weighted by atomic mass is 79.9. The quantitative estimate of drug-likeness (QED) is 0.143. The summed E-state index contributed by atoms with van der Waals surface area (Å²) in [6.07, 6.45) is 1.51. The van der Waals surface area contributed by atoms with E-state index in [4.69, 9.17) is 23.6 Å². The van der Waals surface area contributed by atoms with E-state index < -0.39 is 0 Å². The number of hydrogen-bond donors (Lipinski definition) is 1. The maximum Gasteiger partial charge on any atom is 0.282 e. The molecule has 6 rings (SSSR count). The van der Waals surface area contributed by atoms with Crippen LogP contribution in [0, 0.1) is 0 Å². The maximum atomic E-state index is 13.8. The van der Waals surface area contributed by atoms with Gasteiger partial charge in [0.05, 0.1) is 40.7 Å². The smallest absolute Gasteiger partial charge is 0.282 e. The normalized spacial score (nSPS) is 11.3.